The first-order valence-corrected chi connectivity index (χ1v) is 7.07. The van der Waals surface area contributed by atoms with Gasteiger partial charge in [-0.2, -0.15) is 5.10 Å². The maximum absolute atomic E-state index is 12.0. The summed E-state index contributed by atoms with van der Waals surface area (Å²) in [6, 6.07) is 3.80. The Morgan fingerprint density at radius 2 is 2.25 bits per heavy atom. The minimum absolute atomic E-state index is 0.0151. The normalized spacial score (nSPS) is 19.0. The number of hydrogen-bond acceptors (Lipinski definition) is 4. The third-order valence-corrected chi connectivity index (χ3v) is 3.14. The molecule has 2 rings (SSSR count). The molecular weight excluding hydrogens is 256 g/mol. The summed E-state index contributed by atoms with van der Waals surface area (Å²) in [7, 11) is 0. The quantitative estimate of drug-likeness (QED) is 0.914. The highest BCUT2D eigenvalue weighted by molar-refractivity contribution is 5.74. The molecule has 6 nitrogen and oxygen atoms in total. The van der Waals surface area contributed by atoms with E-state index in [4.69, 9.17) is 4.74 Å². The standard InChI is InChI=1S/C14H22N4O2/c1-10(2)15-14(19)18-8-4-5-12(9-18)20-13-7-6-11(3)16-17-13/h6-7,10,12H,4-5,8-9H2,1-3H3,(H,15,19). The molecule has 1 aromatic heterocycles. The fraction of sp³-hybridized carbons (Fsp3) is 0.643. The minimum Gasteiger partial charge on any atom is -0.471 e. The van der Waals surface area contributed by atoms with Gasteiger partial charge in [0.2, 0.25) is 5.88 Å². The molecule has 1 aliphatic heterocycles. The summed E-state index contributed by atoms with van der Waals surface area (Å²) in [5.74, 6) is 0.520. The lowest BCUT2D eigenvalue weighted by Gasteiger charge is -2.33. The topological polar surface area (TPSA) is 67.3 Å². The van der Waals surface area contributed by atoms with Gasteiger partial charge < -0.3 is 15.0 Å². The number of aryl methyl sites for hydroxylation is 1. The van der Waals surface area contributed by atoms with Crippen molar-refractivity contribution in [3.8, 4) is 5.88 Å². The van der Waals surface area contributed by atoms with Gasteiger partial charge in [0.1, 0.15) is 6.10 Å². The van der Waals surface area contributed by atoms with Crippen molar-refractivity contribution < 1.29 is 9.53 Å². The molecule has 1 unspecified atom stereocenters. The minimum atomic E-state index is -0.0247. The molecule has 0 bridgehead atoms. The molecule has 0 spiro atoms. The van der Waals surface area contributed by atoms with Crippen LogP contribution in [0.2, 0.25) is 0 Å². The highest BCUT2D eigenvalue weighted by Gasteiger charge is 2.25. The Labute approximate surface area is 119 Å². The summed E-state index contributed by atoms with van der Waals surface area (Å²) in [6.45, 7) is 7.16. The molecule has 2 amide bonds. The molecule has 0 aliphatic carbocycles. The summed E-state index contributed by atoms with van der Waals surface area (Å²) in [5.41, 5.74) is 0.860. The number of carbonyl (C=O) groups excluding carboxylic acids is 1. The number of nitrogens with one attached hydrogen (secondary N) is 1. The van der Waals surface area contributed by atoms with Gasteiger partial charge in [-0.15, -0.1) is 5.10 Å². The van der Waals surface area contributed by atoms with Crippen LogP contribution in [0.25, 0.3) is 0 Å². The van der Waals surface area contributed by atoms with Crippen LogP contribution in [0.1, 0.15) is 32.4 Å². The number of nitrogens with zero attached hydrogens (tertiary/aromatic N) is 3. The SMILES string of the molecule is Cc1ccc(OC2CCCN(C(=O)NC(C)C)C2)nn1. The summed E-state index contributed by atoms with van der Waals surface area (Å²) in [5, 5.41) is 10.9. The van der Waals surface area contributed by atoms with Crippen molar-refractivity contribution in [1.29, 1.82) is 0 Å². The predicted octanol–water partition coefficient (Wildman–Crippen LogP) is 1.75. The van der Waals surface area contributed by atoms with Gasteiger partial charge in [0.05, 0.1) is 12.2 Å². The van der Waals surface area contributed by atoms with Crippen LogP contribution >= 0.6 is 0 Å². The number of hydrogen-bond donors (Lipinski definition) is 1. The zero-order valence-corrected chi connectivity index (χ0v) is 12.3. The molecule has 0 aromatic carbocycles. The molecule has 1 aliphatic rings. The van der Waals surface area contributed by atoms with Crippen molar-refractivity contribution in [3.63, 3.8) is 0 Å². The van der Waals surface area contributed by atoms with Gasteiger partial charge in [-0.25, -0.2) is 4.79 Å². The van der Waals surface area contributed by atoms with Crippen LogP contribution in [0.15, 0.2) is 12.1 Å². The number of rotatable bonds is 3. The third-order valence-electron chi connectivity index (χ3n) is 3.14. The van der Waals surface area contributed by atoms with Crippen molar-refractivity contribution in [2.75, 3.05) is 13.1 Å². The predicted molar refractivity (Wildman–Crippen MR) is 75.7 cm³/mol. The Bertz CT molecular complexity index is 447. The van der Waals surface area contributed by atoms with Gasteiger partial charge in [-0.3, -0.25) is 0 Å². The Balaban J connectivity index is 1.90. The van der Waals surface area contributed by atoms with Crippen LogP contribution in [-0.4, -0.2) is 46.4 Å². The Morgan fingerprint density at radius 1 is 1.45 bits per heavy atom. The lowest BCUT2D eigenvalue weighted by atomic mass is 10.1. The summed E-state index contributed by atoms with van der Waals surface area (Å²) in [4.78, 5) is 13.8. The molecule has 1 saturated heterocycles. The first kappa shape index (κ1) is 14.6. The first-order valence-electron chi connectivity index (χ1n) is 7.07. The molecule has 2 heterocycles. The van der Waals surface area contributed by atoms with E-state index in [2.05, 4.69) is 15.5 Å². The highest BCUT2D eigenvalue weighted by atomic mass is 16.5. The molecule has 1 atom stereocenters. The van der Waals surface area contributed by atoms with E-state index in [1.165, 1.54) is 0 Å². The number of amides is 2. The maximum Gasteiger partial charge on any atom is 0.317 e. The van der Waals surface area contributed by atoms with Gasteiger partial charge in [-0.05, 0) is 39.7 Å². The van der Waals surface area contributed by atoms with Gasteiger partial charge in [0.15, 0.2) is 0 Å². The van der Waals surface area contributed by atoms with E-state index in [-0.39, 0.29) is 18.2 Å². The van der Waals surface area contributed by atoms with Gasteiger partial charge in [0, 0.05) is 18.7 Å². The van der Waals surface area contributed by atoms with Crippen LogP contribution in [0.5, 0.6) is 5.88 Å². The summed E-state index contributed by atoms with van der Waals surface area (Å²) < 4.78 is 5.80. The molecule has 0 saturated carbocycles. The molecule has 1 aromatic rings. The van der Waals surface area contributed by atoms with E-state index in [0.717, 1.165) is 25.1 Å². The van der Waals surface area contributed by atoms with E-state index in [1.807, 2.05) is 32.9 Å². The molecule has 20 heavy (non-hydrogen) atoms. The monoisotopic (exact) mass is 278 g/mol. The number of carbonyl (C=O) groups is 1. The Kier molecular flexibility index (Phi) is 4.76. The second-order valence-corrected chi connectivity index (χ2v) is 5.45. The average Bonchev–Trinajstić information content (AvgIpc) is 2.41. The highest BCUT2D eigenvalue weighted by Crippen LogP contribution is 2.16. The van der Waals surface area contributed by atoms with Crippen LogP contribution in [0, 0.1) is 6.92 Å². The smallest absolute Gasteiger partial charge is 0.317 e. The van der Waals surface area contributed by atoms with Crippen LogP contribution in [-0.2, 0) is 0 Å². The fourth-order valence-corrected chi connectivity index (χ4v) is 2.18. The van der Waals surface area contributed by atoms with E-state index in [1.54, 1.807) is 4.90 Å². The molecule has 6 heteroatoms. The Hall–Kier alpha value is -1.85. The maximum atomic E-state index is 12.0. The van der Waals surface area contributed by atoms with Gasteiger partial charge >= 0.3 is 6.03 Å². The number of urea groups is 1. The van der Waals surface area contributed by atoms with Gasteiger partial charge in [0.25, 0.3) is 0 Å². The molecular formula is C14H22N4O2. The van der Waals surface area contributed by atoms with Crippen molar-refractivity contribution in [2.45, 2.75) is 45.8 Å². The second kappa shape index (κ2) is 6.54. The van der Waals surface area contributed by atoms with Crippen molar-refractivity contribution >= 4 is 6.03 Å². The fourth-order valence-electron chi connectivity index (χ4n) is 2.18. The van der Waals surface area contributed by atoms with Crippen molar-refractivity contribution in [3.05, 3.63) is 17.8 Å². The summed E-state index contributed by atoms with van der Waals surface area (Å²) >= 11 is 0. The van der Waals surface area contributed by atoms with Crippen LogP contribution in [0.4, 0.5) is 4.79 Å². The Morgan fingerprint density at radius 3 is 2.90 bits per heavy atom. The van der Waals surface area contributed by atoms with Crippen LogP contribution < -0.4 is 10.1 Å². The number of piperidine rings is 1. The zero-order valence-electron chi connectivity index (χ0n) is 12.3. The average molecular weight is 278 g/mol. The van der Waals surface area contributed by atoms with Gasteiger partial charge in [-0.1, -0.05) is 0 Å². The van der Waals surface area contributed by atoms with E-state index in [0.29, 0.717) is 12.4 Å². The number of ether oxygens (including phenoxy) is 1. The molecule has 1 fully saturated rings. The van der Waals surface area contributed by atoms with Crippen LogP contribution in [0.3, 0.4) is 0 Å². The molecule has 110 valence electrons. The largest absolute Gasteiger partial charge is 0.471 e. The second-order valence-electron chi connectivity index (χ2n) is 5.45. The van der Waals surface area contributed by atoms with E-state index >= 15 is 0 Å². The van der Waals surface area contributed by atoms with Crippen molar-refractivity contribution in [1.82, 2.24) is 20.4 Å². The van der Waals surface area contributed by atoms with E-state index < -0.39 is 0 Å². The van der Waals surface area contributed by atoms with E-state index in [9.17, 15) is 4.79 Å². The summed E-state index contributed by atoms with van der Waals surface area (Å²) in [6.07, 6.45) is 1.86. The lowest BCUT2D eigenvalue weighted by molar-refractivity contribution is 0.0963. The first-order chi connectivity index (χ1) is 9.54. The van der Waals surface area contributed by atoms with Crippen molar-refractivity contribution in [2.24, 2.45) is 0 Å². The number of likely N-dealkylation sites (tertiary alicyclic amines) is 1. The lowest BCUT2D eigenvalue weighted by Crippen LogP contribution is -2.50. The molecule has 0 radical (unpaired) electrons. The number of aromatic nitrogens is 2. The third kappa shape index (κ3) is 4.08. The zero-order chi connectivity index (χ0) is 14.5. The molecule has 1 N–H and O–H groups in total.